The van der Waals surface area contributed by atoms with Crippen molar-refractivity contribution in [2.24, 2.45) is 12.8 Å². The number of nitrogens with two attached hydrogens (primary N) is 1. The molecule has 0 spiro atoms. The number of hydrogen-bond donors (Lipinski definition) is 2. The van der Waals surface area contributed by atoms with E-state index in [1.54, 1.807) is 16.9 Å². The monoisotopic (exact) mass is 177 g/mol. The number of nitrogens with zero attached hydrogens (tertiary/aromatic N) is 2. The highest BCUT2D eigenvalue weighted by atomic mass is 16.3. The maximum absolute atomic E-state index is 9.59. The molecule has 0 aliphatic heterocycles. The van der Waals surface area contributed by atoms with Gasteiger partial charge in [-0.2, -0.15) is 5.10 Å². The van der Waals surface area contributed by atoms with Gasteiger partial charge < -0.3 is 10.8 Å². The van der Waals surface area contributed by atoms with Crippen LogP contribution in [-0.2, 0) is 13.6 Å². The van der Waals surface area contributed by atoms with Gasteiger partial charge in [0.1, 0.15) is 5.75 Å². The van der Waals surface area contributed by atoms with Crippen molar-refractivity contribution in [2.45, 2.75) is 6.54 Å². The van der Waals surface area contributed by atoms with E-state index in [4.69, 9.17) is 5.73 Å². The second kappa shape index (κ2) is 2.74. The summed E-state index contributed by atoms with van der Waals surface area (Å²) in [5.41, 5.74) is 7.30. The molecule has 0 saturated heterocycles. The molecule has 4 heteroatoms. The smallest absolute Gasteiger partial charge is 0.126 e. The topological polar surface area (TPSA) is 64.1 Å². The van der Waals surface area contributed by atoms with Crippen LogP contribution in [0.2, 0.25) is 0 Å². The molecule has 68 valence electrons. The zero-order chi connectivity index (χ0) is 9.42. The van der Waals surface area contributed by atoms with Gasteiger partial charge in [0.25, 0.3) is 0 Å². The summed E-state index contributed by atoms with van der Waals surface area (Å²) >= 11 is 0. The molecule has 0 bridgehead atoms. The summed E-state index contributed by atoms with van der Waals surface area (Å²) in [6.07, 6.45) is 1.64. The third-order valence-corrected chi connectivity index (χ3v) is 2.14. The van der Waals surface area contributed by atoms with Gasteiger partial charge in [-0.15, -0.1) is 0 Å². The molecule has 0 atom stereocenters. The molecule has 1 aromatic carbocycles. The first-order valence-corrected chi connectivity index (χ1v) is 4.06. The van der Waals surface area contributed by atoms with E-state index in [2.05, 4.69) is 5.10 Å². The molecule has 3 N–H and O–H groups in total. The average molecular weight is 177 g/mol. The molecule has 0 amide bonds. The third kappa shape index (κ3) is 1.15. The number of rotatable bonds is 1. The summed E-state index contributed by atoms with van der Waals surface area (Å²) in [5, 5.41) is 14.4. The summed E-state index contributed by atoms with van der Waals surface area (Å²) < 4.78 is 1.72. The molecule has 0 saturated carbocycles. The number of phenolic OH excluding ortho intramolecular Hbond substituents is 1. The summed E-state index contributed by atoms with van der Waals surface area (Å²) in [6.45, 7) is 0.425. The Labute approximate surface area is 75.6 Å². The van der Waals surface area contributed by atoms with E-state index in [0.717, 1.165) is 16.5 Å². The lowest BCUT2D eigenvalue weighted by Gasteiger charge is -2.00. The molecule has 0 radical (unpaired) electrons. The normalized spacial score (nSPS) is 10.9. The van der Waals surface area contributed by atoms with Crippen molar-refractivity contribution in [3.63, 3.8) is 0 Å². The molecule has 0 unspecified atom stereocenters. The zero-order valence-corrected chi connectivity index (χ0v) is 7.36. The fourth-order valence-corrected chi connectivity index (χ4v) is 1.40. The number of hydrogen-bond acceptors (Lipinski definition) is 3. The van der Waals surface area contributed by atoms with Crippen molar-refractivity contribution in [3.8, 4) is 5.75 Å². The largest absolute Gasteiger partial charge is 0.507 e. The van der Waals surface area contributed by atoms with Crippen LogP contribution in [0.1, 0.15) is 5.56 Å². The van der Waals surface area contributed by atoms with Crippen molar-refractivity contribution in [1.82, 2.24) is 9.78 Å². The predicted molar refractivity (Wildman–Crippen MR) is 50.3 cm³/mol. The second-order valence-electron chi connectivity index (χ2n) is 3.02. The highest BCUT2D eigenvalue weighted by molar-refractivity contribution is 5.85. The SMILES string of the molecule is Cn1ncc2c(O)cc(CN)cc21. The standard InChI is InChI=1S/C9H11N3O/c1-12-8-2-6(4-10)3-9(13)7(8)5-11-12/h2-3,5,13H,4,10H2,1H3. The first-order chi connectivity index (χ1) is 6.22. The second-order valence-corrected chi connectivity index (χ2v) is 3.02. The molecule has 1 heterocycles. The van der Waals surface area contributed by atoms with Crippen LogP contribution in [0.15, 0.2) is 18.3 Å². The van der Waals surface area contributed by atoms with Gasteiger partial charge in [0.15, 0.2) is 0 Å². The summed E-state index contributed by atoms with van der Waals surface area (Å²) in [6, 6.07) is 3.60. The van der Waals surface area contributed by atoms with Crippen molar-refractivity contribution in [1.29, 1.82) is 0 Å². The Bertz CT molecular complexity index is 447. The lowest BCUT2D eigenvalue weighted by molar-refractivity contribution is 0.481. The lowest BCUT2D eigenvalue weighted by atomic mass is 10.1. The molecule has 4 nitrogen and oxygen atoms in total. The number of phenols is 1. The van der Waals surface area contributed by atoms with Crippen LogP contribution in [0, 0.1) is 0 Å². The lowest BCUT2D eigenvalue weighted by Crippen LogP contribution is -1.97. The van der Waals surface area contributed by atoms with Crippen molar-refractivity contribution in [2.75, 3.05) is 0 Å². The van der Waals surface area contributed by atoms with Gasteiger partial charge >= 0.3 is 0 Å². The first-order valence-electron chi connectivity index (χ1n) is 4.06. The molecule has 2 aromatic rings. The van der Waals surface area contributed by atoms with Crippen molar-refractivity contribution >= 4 is 10.9 Å². The summed E-state index contributed by atoms with van der Waals surface area (Å²) in [7, 11) is 1.84. The Kier molecular flexibility index (Phi) is 1.70. The molecular weight excluding hydrogens is 166 g/mol. The summed E-state index contributed by atoms with van der Waals surface area (Å²) in [5.74, 6) is 0.242. The number of aromatic nitrogens is 2. The molecule has 2 rings (SSSR count). The van der Waals surface area contributed by atoms with E-state index in [0.29, 0.717) is 6.54 Å². The van der Waals surface area contributed by atoms with Crippen LogP contribution in [-0.4, -0.2) is 14.9 Å². The predicted octanol–water partition coefficient (Wildman–Crippen LogP) is 0.738. The quantitative estimate of drug-likeness (QED) is 0.675. The van der Waals surface area contributed by atoms with Gasteiger partial charge in [-0.25, -0.2) is 0 Å². The van der Waals surface area contributed by atoms with E-state index in [1.165, 1.54) is 0 Å². The summed E-state index contributed by atoms with van der Waals surface area (Å²) in [4.78, 5) is 0. The number of aromatic hydroxyl groups is 1. The minimum absolute atomic E-state index is 0.242. The molecule has 1 aromatic heterocycles. The third-order valence-electron chi connectivity index (χ3n) is 2.14. The minimum Gasteiger partial charge on any atom is -0.507 e. The Morgan fingerprint density at radius 3 is 3.00 bits per heavy atom. The van der Waals surface area contributed by atoms with Crippen LogP contribution < -0.4 is 5.73 Å². The van der Waals surface area contributed by atoms with E-state index in [1.807, 2.05) is 13.1 Å². The first kappa shape index (κ1) is 8.07. The van der Waals surface area contributed by atoms with Gasteiger partial charge in [-0.3, -0.25) is 4.68 Å². The minimum atomic E-state index is 0.242. The molecule has 0 aliphatic rings. The van der Waals surface area contributed by atoms with Gasteiger partial charge in [0.2, 0.25) is 0 Å². The van der Waals surface area contributed by atoms with Crippen LogP contribution in [0.25, 0.3) is 10.9 Å². The number of fused-ring (bicyclic) bond motifs is 1. The highest BCUT2D eigenvalue weighted by Gasteiger charge is 2.05. The molecule has 0 fully saturated rings. The average Bonchev–Trinajstić information content (AvgIpc) is 2.48. The van der Waals surface area contributed by atoms with E-state index < -0.39 is 0 Å². The van der Waals surface area contributed by atoms with E-state index in [9.17, 15) is 5.11 Å². The van der Waals surface area contributed by atoms with Gasteiger partial charge in [0, 0.05) is 13.6 Å². The Morgan fingerprint density at radius 2 is 2.31 bits per heavy atom. The Morgan fingerprint density at radius 1 is 1.54 bits per heavy atom. The fourth-order valence-electron chi connectivity index (χ4n) is 1.40. The van der Waals surface area contributed by atoms with E-state index >= 15 is 0 Å². The molecule has 0 aliphatic carbocycles. The Hall–Kier alpha value is -1.55. The Balaban J connectivity index is 2.80. The number of benzene rings is 1. The van der Waals surface area contributed by atoms with Gasteiger partial charge in [-0.1, -0.05) is 0 Å². The van der Waals surface area contributed by atoms with Crippen LogP contribution in [0.4, 0.5) is 0 Å². The van der Waals surface area contributed by atoms with Crippen LogP contribution >= 0.6 is 0 Å². The maximum atomic E-state index is 9.59. The van der Waals surface area contributed by atoms with Crippen molar-refractivity contribution in [3.05, 3.63) is 23.9 Å². The maximum Gasteiger partial charge on any atom is 0.126 e. The molecular formula is C9H11N3O. The highest BCUT2D eigenvalue weighted by Crippen LogP contribution is 2.25. The van der Waals surface area contributed by atoms with E-state index in [-0.39, 0.29) is 5.75 Å². The number of aryl methyl sites for hydroxylation is 1. The van der Waals surface area contributed by atoms with Gasteiger partial charge in [-0.05, 0) is 17.7 Å². The van der Waals surface area contributed by atoms with Crippen LogP contribution in [0.3, 0.4) is 0 Å². The van der Waals surface area contributed by atoms with Crippen molar-refractivity contribution < 1.29 is 5.11 Å². The fraction of sp³-hybridized carbons (Fsp3) is 0.222. The zero-order valence-electron chi connectivity index (χ0n) is 7.36. The van der Waals surface area contributed by atoms with Crippen LogP contribution in [0.5, 0.6) is 5.75 Å². The molecule has 13 heavy (non-hydrogen) atoms. The van der Waals surface area contributed by atoms with Gasteiger partial charge in [0.05, 0.1) is 17.1 Å².